The number of halogens is 1. The summed E-state index contributed by atoms with van der Waals surface area (Å²) < 4.78 is 12.7. The van der Waals surface area contributed by atoms with Crippen LogP contribution in [0.25, 0.3) is 5.69 Å². The number of hydrogen-bond donors (Lipinski definition) is 1. The maximum absolute atomic E-state index is 5.41. The first-order chi connectivity index (χ1) is 16.0. The molecule has 0 unspecified atom stereocenters. The highest BCUT2D eigenvalue weighted by molar-refractivity contribution is 14.0. The van der Waals surface area contributed by atoms with Crippen LogP contribution in [-0.2, 0) is 12.8 Å². The van der Waals surface area contributed by atoms with E-state index in [2.05, 4.69) is 58.7 Å². The SMILES string of the molecule is CN=C(NCCCc1cn(-c2ccccc2)nc1C)N(C)CCc1ccc(OC)c(OC)c1.I. The van der Waals surface area contributed by atoms with Gasteiger partial charge in [-0.1, -0.05) is 24.3 Å². The third kappa shape index (κ3) is 7.38. The van der Waals surface area contributed by atoms with E-state index in [-0.39, 0.29) is 24.0 Å². The van der Waals surface area contributed by atoms with Crippen LogP contribution < -0.4 is 14.8 Å². The number of likely N-dealkylation sites (N-methyl/N-ethyl adjacent to an activating group) is 1. The Bertz CT molecular complexity index is 1050. The molecule has 184 valence electrons. The summed E-state index contributed by atoms with van der Waals surface area (Å²) in [7, 11) is 7.19. The molecule has 0 aliphatic rings. The van der Waals surface area contributed by atoms with Crippen molar-refractivity contribution in [3.05, 3.63) is 71.5 Å². The minimum atomic E-state index is 0. The summed E-state index contributed by atoms with van der Waals surface area (Å²) in [5.41, 5.74) is 4.63. The number of ether oxygens (including phenoxy) is 2. The lowest BCUT2D eigenvalue weighted by Gasteiger charge is -2.22. The van der Waals surface area contributed by atoms with Gasteiger partial charge in [0, 0.05) is 33.4 Å². The average Bonchev–Trinajstić information content (AvgIpc) is 3.23. The Morgan fingerprint density at radius 2 is 1.79 bits per heavy atom. The molecule has 1 heterocycles. The smallest absolute Gasteiger partial charge is 0.193 e. The van der Waals surface area contributed by atoms with Gasteiger partial charge in [0.1, 0.15) is 0 Å². The molecule has 3 aromatic rings. The molecule has 0 amide bonds. The molecule has 7 nitrogen and oxygen atoms in total. The third-order valence-electron chi connectivity index (χ3n) is 5.68. The van der Waals surface area contributed by atoms with Crippen LogP contribution >= 0.6 is 24.0 Å². The van der Waals surface area contributed by atoms with Crippen LogP contribution in [0.2, 0.25) is 0 Å². The number of para-hydroxylation sites is 1. The van der Waals surface area contributed by atoms with E-state index in [0.29, 0.717) is 0 Å². The minimum Gasteiger partial charge on any atom is -0.493 e. The predicted octanol–water partition coefficient (Wildman–Crippen LogP) is 4.50. The second-order valence-electron chi connectivity index (χ2n) is 7.96. The van der Waals surface area contributed by atoms with Crippen molar-refractivity contribution in [3.63, 3.8) is 0 Å². The summed E-state index contributed by atoms with van der Waals surface area (Å²) in [4.78, 5) is 6.59. The van der Waals surface area contributed by atoms with Gasteiger partial charge in [-0.2, -0.15) is 5.10 Å². The van der Waals surface area contributed by atoms with Crippen molar-refractivity contribution in [1.29, 1.82) is 0 Å². The number of guanidine groups is 1. The Morgan fingerprint density at radius 1 is 1.06 bits per heavy atom. The standard InChI is InChI=1S/C26H35N5O2.HI/c1-20-22(19-31(29-20)23-11-7-6-8-12-23)10-9-16-28-26(27-2)30(3)17-15-21-13-14-24(32-4)25(18-21)33-5;/h6-8,11-14,18-19H,9-10,15-17H2,1-5H3,(H,27,28);1H. The zero-order chi connectivity index (χ0) is 23.6. The quantitative estimate of drug-likeness (QED) is 0.167. The molecule has 1 aromatic heterocycles. The second-order valence-corrected chi connectivity index (χ2v) is 7.96. The van der Waals surface area contributed by atoms with Gasteiger partial charge >= 0.3 is 0 Å². The van der Waals surface area contributed by atoms with Gasteiger partial charge in [-0.15, -0.1) is 24.0 Å². The topological polar surface area (TPSA) is 63.9 Å². The molecular formula is C26H36IN5O2. The molecule has 3 rings (SSSR count). The van der Waals surface area contributed by atoms with Gasteiger partial charge < -0.3 is 19.7 Å². The molecule has 0 saturated heterocycles. The van der Waals surface area contributed by atoms with E-state index >= 15 is 0 Å². The molecule has 0 atom stereocenters. The highest BCUT2D eigenvalue weighted by Crippen LogP contribution is 2.27. The number of aliphatic imine (C=N–C) groups is 1. The largest absolute Gasteiger partial charge is 0.493 e. The van der Waals surface area contributed by atoms with E-state index < -0.39 is 0 Å². The molecule has 0 saturated carbocycles. The van der Waals surface area contributed by atoms with E-state index in [4.69, 9.17) is 9.47 Å². The predicted molar refractivity (Wildman–Crippen MR) is 149 cm³/mol. The molecule has 0 aliphatic heterocycles. The van der Waals surface area contributed by atoms with Crippen LogP contribution in [0, 0.1) is 6.92 Å². The van der Waals surface area contributed by atoms with Crippen molar-refractivity contribution in [2.75, 3.05) is 41.4 Å². The molecule has 0 spiro atoms. The summed E-state index contributed by atoms with van der Waals surface area (Å²) >= 11 is 0. The van der Waals surface area contributed by atoms with Crippen molar-refractivity contribution >= 4 is 29.9 Å². The fraction of sp³-hybridized carbons (Fsp3) is 0.385. The summed E-state index contributed by atoms with van der Waals surface area (Å²) in [6, 6.07) is 16.3. The zero-order valence-corrected chi connectivity index (χ0v) is 23.1. The molecule has 0 bridgehead atoms. The summed E-state index contributed by atoms with van der Waals surface area (Å²) in [5.74, 6) is 2.40. The van der Waals surface area contributed by atoms with Crippen LogP contribution in [0.1, 0.15) is 23.2 Å². The first-order valence-electron chi connectivity index (χ1n) is 11.3. The average molecular weight is 578 g/mol. The number of benzene rings is 2. The Hall–Kier alpha value is -2.75. The molecule has 8 heteroatoms. The van der Waals surface area contributed by atoms with Crippen LogP contribution in [0.3, 0.4) is 0 Å². The number of aryl methyl sites for hydroxylation is 2. The maximum Gasteiger partial charge on any atom is 0.193 e. The number of aromatic nitrogens is 2. The van der Waals surface area contributed by atoms with Crippen LogP contribution in [0.5, 0.6) is 11.5 Å². The summed E-state index contributed by atoms with van der Waals surface area (Å²) in [6.45, 7) is 3.77. The first kappa shape index (κ1) is 27.5. The Labute approximate surface area is 220 Å². The Balaban J connectivity index is 0.00000408. The van der Waals surface area contributed by atoms with E-state index in [1.807, 2.05) is 42.1 Å². The van der Waals surface area contributed by atoms with Crippen molar-refractivity contribution < 1.29 is 9.47 Å². The highest BCUT2D eigenvalue weighted by atomic mass is 127. The monoisotopic (exact) mass is 577 g/mol. The Kier molecular flexibility index (Phi) is 11.2. The lowest BCUT2D eigenvalue weighted by Crippen LogP contribution is -2.40. The third-order valence-corrected chi connectivity index (χ3v) is 5.68. The number of rotatable bonds is 10. The molecule has 34 heavy (non-hydrogen) atoms. The first-order valence-corrected chi connectivity index (χ1v) is 11.3. The van der Waals surface area contributed by atoms with Gasteiger partial charge in [0.2, 0.25) is 0 Å². The van der Waals surface area contributed by atoms with E-state index in [1.54, 1.807) is 14.2 Å². The minimum absolute atomic E-state index is 0. The number of nitrogens with zero attached hydrogens (tertiary/aromatic N) is 4. The zero-order valence-electron chi connectivity index (χ0n) is 20.7. The van der Waals surface area contributed by atoms with Crippen molar-refractivity contribution in [2.24, 2.45) is 4.99 Å². The van der Waals surface area contributed by atoms with Crippen LogP contribution in [0.4, 0.5) is 0 Å². The normalized spacial score (nSPS) is 11.0. The number of hydrogen-bond acceptors (Lipinski definition) is 4. The molecule has 1 N–H and O–H groups in total. The van der Waals surface area contributed by atoms with Gasteiger partial charge in [-0.25, -0.2) is 4.68 Å². The number of methoxy groups -OCH3 is 2. The summed E-state index contributed by atoms with van der Waals surface area (Å²) in [5, 5.41) is 8.14. The lowest BCUT2D eigenvalue weighted by atomic mass is 10.1. The second kappa shape index (κ2) is 13.8. The summed E-state index contributed by atoms with van der Waals surface area (Å²) in [6.07, 6.45) is 4.99. The fourth-order valence-electron chi connectivity index (χ4n) is 3.76. The van der Waals surface area contributed by atoms with Crippen LogP contribution in [0.15, 0.2) is 59.7 Å². The van der Waals surface area contributed by atoms with Crippen LogP contribution in [-0.4, -0.2) is 62.0 Å². The molecule has 0 radical (unpaired) electrons. The van der Waals surface area contributed by atoms with E-state index in [0.717, 1.165) is 61.2 Å². The van der Waals surface area contributed by atoms with E-state index in [1.165, 1.54) is 11.1 Å². The molecular weight excluding hydrogens is 541 g/mol. The molecule has 0 fully saturated rings. The maximum atomic E-state index is 5.41. The van der Waals surface area contributed by atoms with E-state index in [9.17, 15) is 0 Å². The van der Waals surface area contributed by atoms with Crippen molar-refractivity contribution in [1.82, 2.24) is 20.0 Å². The van der Waals surface area contributed by atoms with Gasteiger partial charge in [0.25, 0.3) is 0 Å². The van der Waals surface area contributed by atoms with Crippen molar-refractivity contribution in [3.8, 4) is 17.2 Å². The van der Waals surface area contributed by atoms with Gasteiger partial charge in [0.05, 0.1) is 25.6 Å². The highest BCUT2D eigenvalue weighted by Gasteiger charge is 2.10. The van der Waals surface area contributed by atoms with Crippen molar-refractivity contribution in [2.45, 2.75) is 26.2 Å². The lowest BCUT2D eigenvalue weighted by molar-refractivity contribution is 0.354. The van der Waals surface area contributed by atoms with Gasteiger partial charge in [-0.3, -0.25) is 4.99 Å². The molecule has 0 aliphatic carbocycles. The Morgan fingerprint density at radius 3 is 2.47 bits per heavy atom. The van der Waals surface area contributed by atoms with Gasteiger partial charge in [0.15, 0.2) is 17.5 Å². The molecule has 2 aromatic carbocycles. The van der Waals surface area contributed by atoms with Gasteiger partial charge in [-0.05, 0) is 61.6 Å². The number of nitrogens with one attached hydrogen (secondary N) is 1. The fourth-order valence-corrected chi connectivity index (χ4v) is 3.76.